The molecule has 1 heterocycles. The quantitative estimate of drug-likeness (QED) is 0.435. The van der Waals surface area contributed by atoms with Crippen molar-refractivity contribution in [3.63, 3.8) is 0 Å². The molecule has 8 heteroatoms. The maximum atomic E-state index is 12.9. The molecule has 7 nitrogen and oxygen atoms in total. The summed E-state index contributed by atoms with van der Waals surface area (Å²) in [6, 6.07) is 10.9. The summed E-state index contributed by atoms with van der Waals surface area (Å²) in [5.41, 5.74) is 0.820. The molecule has 3 rings (SSSR count). The molecule has 1 saturated heterocycles. The monoisotopic (exact) mass is 430 g/mol. The summed E-state index contributed by atoms with van der Waals surface area (Å²) in [6.45, 7) is 4.83. The van der Waals surface area contributed by atoms with E-state index >= 15 is 0 Å². The number of ether oxygens (including phenoxy) is 2. The predicted octanol–water partition coefficient (Wildman–Crippen LogP) is 4.41. The Bertz CT molecular complexity index is 962. The number of hydrogen-bond donors (Lipinski definition) is 0. The number of anilines is 1. The molecule has 0 bridgehead atoms. The molecule has 0 unspecified atom stereocenters. The van der Waals surface area contributed by atoms with Gasteiger partial charge in [0, 0.05) is 11.1 Å². The van der Waals surface area contributed by atoms with Crippen molar-refractivity contribution in [1.29, 1.82) is 0 Å². The lowest BCUT2D eigenvalue weighted by molar-refractivity contribution is -0.139. The Morgan fingerprint density at radius 3 is 2.20 bits per heavy atom. The molecule has 2 aromatic carbocycles. The third-order valence-corrected chi connectivity index (χ3v) is 4.82. The van der Waals surface area contributed by atoms with Gasteiger partial charge in [0.25, 0.3) is 0 Å². The second-order valence-corrected chi connectivity index (χ2v) is 7.14. The van der Waals surface area contributed by atoms with Crippen LogP contribution in [0.15, 0.2) is 42.5 Å². The highest BCUT2D eigenvalue weighted by Gasteiger charge is 2.45. The van der Waals surface area contributed by atoms with Gasteiger partial charge < -0.3 is 9.47 Å². The van der Waals surface area contributed by atoms with Crippen LogP contribution in [0, 0.1) is 0 Å². The van der Waals surface area contributed by atoms with Gasteiger partial charge in [-0.05, 0) is 36.6 Å². The van der Waals surface area contributed by atoms with E-state index in [1.54, 1.807) is 42.5 Å². The largest absolute Gasteiger partial charge is 0.490 e. The minimum atomic E-state index is -0.921. The maximum Gasteiger partial charge on any atom is 0.339 e. The highest BCUT2D eigenvalue weighted by atomic mass is 35.5. The molecule has 0 spiro atoms. The average Bonchev–Trinajstić information content (AvgIpc) is 2.95. The number of amides is 4. The molecule has 0 aromatic heterocycles. The number of hydrogen-bond acceptors (Lipinski definition) is 5. The van der Waals surface area contributed by atoms with E-state index in [4.69, 9.17) is 21.1 Å². The smallest absolute Gasteiger partial charge is 0.339 e. The van der Waals surface area contributed by atoms with Gasteiger partial charge in [-0.15, -0.1) is 0 Å². The van der Waals surface area contributed by atoms with Crippen LogP contribution in [0.4, 0.5) is 10.5 Å². The summed E-state index contributed by atoms with van der Waals surface area (Å²) < 4.78 is 11.4. The fourth-order valence-corrected chi connectivity index (χ4v) is 3.16. The van der Waals surface area contributed by atoms with Gasteiger partial charge in [-0.25, -0.2) is 9.69 Å². The van der Waals surface area contributed by atoms with Crippen molar-refractivity contribution >= 4 is 35.1 Å². The number of benzene rings is 2. The van der Waals surface area contributed by atoms with Gasteiger partial charge in [0.15, 0.2) is 11.5 Å². The molecule has 1 aliphatic rings. The molecule has 2 aromatic rings. The van der Waals surface area contributed by atoms with Gasteiger partial charge in [0.2, 0.25) is 0 Å². The van der Waals surface area contributed by atoms with Crippen molar-refractivity contribution in [1.82, 2.24) is 4.90 Å². The molecule has 158 valence electrons. The fraction of sp³-hybridized carbons (Fsp3) is 0.318. The topological polar surface area (TPSA) is 76.2 Å². The van der Waals surface area contributed by atoms with Crippen LogP contribution in [0.3, 0.4) is 0 Å². The second kappa shape index (κ2) is 9.63. The summed E-state index contributed by atoms with van der Waals surface area (Å²) in [4.78, 5) is 39.7. The summed E-state index contributed by atoms with van der Waals surface area (Å²) in [7, 11) is 0. The molecule has 0 aliphatic carbocycles. The van der Waals surface area contributed by atoms with Crippen LogP contribution in [0.25, 0.3) is 0 Å². The van der Waals surface area contributed by atoms with Crippen molar-refractivity contribution < 1.29 is 23.9 Å². The SMILES string of the molecule is CCCOc1ccc(N2C(=O)C(=O)N(Cc3ccccc3Cl)C2=O)cc1OCCC. The summed E-state index contributed by atoms with van der Waals surface area (Å²) in [6.07, 6.45) is 1.60. The minimum Gasteiger partial charge on any atom is -0.490 e. The van der Waals surface area contributed by atoms with Crippen molar-refractivity contribution in [2.24, 2.45) is 0 Å². The third kappa shape index (κ3) is 4.41. The van der Waals surface area contributed by atoms with Crippen molar-refractivity contribution in [2.45, 2.75) is 33.2 Å². The lowest BCUT2D eigenvalue weighted by atomic mass is 10.2. The normalized spacial score (nSPS) is 13.9. The van der Waals surface area contributed by atoms with Gasteiger partial charge in [0.05, 0.1) is 25.4 Å². The molecule has 0 saturated carbocycles. The molecular formula is C22H23ClN2O5. The van der Waals surface area contributed by atoms with Crippen molar-refractivity contribution in [2.75, 3.05) is 18.1 Å². The number of carbonyl (C=O) groups excluding carboxylic acids is 3. The predicted molar refractivity (Wildman–Crippen MR) is 113 cm³/mol. The van der Waals surface area contributed by atoms with E-state index in [0.29, 0.717) is 35.3 Å². The second-order valence-electron chi connectivity index (χ2n) is 6.73. The Morgan fingerprint density at radius 1 is 0.867 bits per heavy atom. The van der Waals surface area contributed by atoms with Gasteiger partial charge in [-0.3, -0.25) is 14.5 Å². The summed E-state index contributed by atoms with van der Waals surface area (Å²) >= 11 is 6.14. The number of carbonyl (C=O) groups is 3. The standard InChI is InChI=1S/C22H23ClN2O5/c1-3-11-29-18-10-9-16(13-19(18)30-12-4-2)25-21(27)20(26)24(22(25)28)14-15-7-5-6-8-17(15)23/h5-10,13H,3-4,11-12,14H2,1-2H3. The van der Waals surface area contributed by atoms with Gasteiger partial charge in [-0.1, -0.05) is 43.6 Å². The first-order valence-electron chi connectivity index (χ1n) is 9.80. The van der Waals surface area contributed by atoms with E-state index in [9.17, 15) is 14.4 Å². The first-order valence-corrected chi connectivity index (χ1v) is 10.2. The number of rotatable bonds is 9. The first-order chi connectivity index (χ1) is 14.5. The minimum absolute atomic E-state index is 0.0868. The van der Waals surface area contributed by atoms with Gasteiger partial charge in [-0.2, -0.15) is 0 Å². The van der Waals surface area contributed by atoms with Crippen molar-refractivity contribution in [3.8, 4) is 11.5 Å². The Balaban J connectivity index is 1.89. The summed E-state index contributed by atoms with van der Waals surface area (Å²) in [5, 5.41) is 0.414. The average molecular weight is 431 g/mol. The Labute approximate surface area is 180 Å². The van der Waals surface area contributed by atoms with Gasteiger partial charge >= 0.3 is 17.8 Å². The zero-order valence-corrected chi connectivity index (χ0v) is 17.6. The first kappa shape index (κ1) is 21.6. The zero-order chi connectivity index (χ0) is 21.7. The lowest BCUT2D eigenvalue weighted by Crippen LogP contribution is -2.33. The van der Waals surface area contributed by atoms with Crippen LogP contribution in [-0.4, -0.2) is 36.0 Å². The Kier molecular flexibility index (Phi) is 6.95. The highest BCUT2D eigenvalue weighted by molar-refractivity contribution is 6.52. The number of halogens is 1. The van der Waals surface area contributed by atoms with Crippen LogP contribution in [-0.2, 0) is 16.1 Å². The van der Waals surface area contributed by atoms with Crippen LogP contribution in [0.1, 0.15) is 32.3 Å². The highest BCUT2D eigenvalue weighted by Crippen LogP contribution is 2.34. The number of urea groups is 1. The molecule has 0 atom stereocenters. The van der Waals surface area contributed by atoms with Crippen LogP contribution >= 0.6 is 11.6 Å². The third-order valence-electron chi connectivity index (χ3n) is 4.45. The fourth-order valence-electron chi connectivity index (χ4n) is 2.96. The van der Waals surface area contributed by atoms with Crippen molar-refractivity contribution in [3.05, 3.63) is 53.1 Å². The van der Waals surface area contributed by atoms with E-state index in [2.05, 4.69) is 0 Å². The molecule has 30 heavy (non-hydrogen) atoms. The summed E-state index contributed by atoms with van der Waals surface area (Å²) in [5.74, 6) is -0.884. The molecule has 0 N–H and O–H groups in total. The van der Waals surface area contributed by atoms with Gasteiger partial charge in [0.1, 0.15) is 0 Å². The molecule has 0 radical (unpaired) electrons. The van der Waals surface area contributed by atoms with E-state index in [0.717, 1.165) is 22.6 Å². The van der Waals surface area contributed by atoms with E-state index in [1.807, 2.05) is 13.8 Å². The van der Waals surface area contributed by atoms with Crippen LogP contribution in [0.5, 0.6) is 11.5 Å². The molecule has 1 aliphatic heterocycles. The van der Waals surface area contributed by atoms with E-state index in [1.165, 1.54) is 0 Å². The Morgan fingerprint density at radius 2 is 1.53 bits per heavy atom. The zero-order valence-electron chi connectivity index (χ0n) is 16.9. The lowest BCUT2D eigenvalue weighted by Gasteiger charge is -2.18. The number of imide groups is 2. The number of nitrogens with zero attached hydrogens (tertiary/aromatic N) is 2. The van der Waals surface area contributed by atoms with E-state index in [-0.39, 0.29) is 12.2 Å². The van der Waals surface area contributed by atoms with Crippen LogP contribution < -0.4 is 14.4 Å². The van der Waals surface area contributed by atoms with Crippen LogP contribution in [0.2, 0.25) is 5.02 Å². The molecule has 4 amide bonds. The Hall–Kier alpha value is -3.06. The molecule has 1 fully saturated rings. The maximum absolute atomic E-state index is 12.9. The van der Waals surface area contributed by atoms with E-state index < -0.39 is 17.8 Å². The molecular weight excluding hydrogens is 408 g/mol.